The van der Waals surface area contributed by atoms with E-state index in [9.17, 15) is 5.11 Å². The predicted octanol–water partition coefficient (Wildman–Crippen LogP) is 4.71. The molecule has 0 saturated heterocycles. The molecule has 0 fully saturated rings. The molecule has 0 aliphatic rings. The van der Waals surface area contributed by atoms with Crippen molar-refractivity contribution in [1.82, 2.24) is 0 Å². The van der Waals surface area contributed by atoms with Crippen molar-refractivity contribution in [3.8, 4) is 5.75 Å². The van der Waals surface area contributed by atoms with Crippen LogP contribution >= 0.6 is 15.9 Å². The van der Waals surface area contributed by atoms with Crippen molar-refractivity contribution in [2.75, 3.05) is 0 Å². The van der Waals surface area contributed by atoms with E-state index in [-0.39, 0.29) is 0 Å². The minimum atomic E-state index is 0.324. The Bertz CT molecular complexity index is 478. The Hall–Kier alpha value is -1.28. The van der Waals surface area contributed by atoms with Crippen LogP contribution in [0.15, 0.2) is 54.6 Å². The van der Waals surface area contributed by atoms with Crippen molar-refractivity contribution in [3.05, 3.63) is 65.7 Å². The zero-order chi connectivity index (χ0) is 13.0. The SMILES string of the molecule is CC(Cc1ccc(O)cc1)C(Br)c1ccccc1. The molecule has 94 valence electrons. The number of halogens is 1. The van der Waals surface area contributed by atoms with Crippen LogP contribution in [0.5, 0.6) is 5.75 Å². The van der Waals surface area contributed by atoms with Crippen LogP contribution in [0.1, 0.15) is 22.9 Å². The third kappa shape index (κ3) is 3.36. The molecule has 2 rings (SSSR count). The number of hydrogen-bond acceptors (Lipinski definition) is 1. The second-order valence-electron chi connectivity index (χ2n) is 4.66. The monoisotopic (exact) mass is 304 g/mol. The molecule has 1 nitrogen and oxygen atoms in total. The average Bonchev–Trinajstić information content (AvgIpc) is 2.41. The van der Waals surface area contributed by atoms with Gasteiger partial charge in [0.2, 0.25) is 0 Å². The van der Waals surface area contributed by atoms with Crippen LogP contribution in [-0.4, -0.2) is 5.11 Å². The first-order valence-corrected chi connectivity index (χ1v) is 7.05. The fraction of sp³-hybridized carbons (Fsp3) is 0.250. The van der Waals surface area contributed by atoms with Gasteiger partial charge in [-0.25, -0.2) is 0 Å². The molecular weight excluding hydrogens is 288 g/mol. The molecule has 0 heterocycles. The van der Waals surface area contributed by atoms with Gasteiger partial charge in [-0.05, 0) is 35.6 Å². The average molecular weight is 305 g/mol. The lowest BCUT2D eigenvalue weighted by Crippen LogP contribution is -2.06. The van der Waals surface area contributed by atoms with Gasteiger partial charge >= 0.3 is 0 Å². The van der Waals surface area contributed by atoms with E-state index in [2.05, 4.69) is 47.1 Å². The van der Waals surface area contributed by atoms with Crippen molar-refractivity contribution in [2.24, 2.45) is 5.92 Å². The number of hydrogen-bond donors (Lipinski definition) is 1. The smallest absolute Gasteiger partial charge is 0.115 e. The molecule has 18 heavy (non-hydrogen) atoms. The summed E-state index contributed by atoms with van der Waals surface area (Å²) in [5.74, 6) is 0.821. The highest BCUT2D eigenvalue weighted by atomic mass is 79.9. The van der Waals surface area contributed by atoms with Gasteiger partial charge in [-0.15, -0.1) is 0 Å². The Balaban J connectivity index is 2.03. The van der Waals surface area contributed by atoms with Crippen LogP contribution in [0.3, 0.4) is 0 Å². The van der Waals surface area contributed by atoms with Crippen molar-refractivity contribution in [1.29, 1.82) is 0 Å². The Morgan fingerprint density at radius 2 is 1.61 bits per heavy atom. The molecule has 0 saturated carbocycles. The molecule has 0 aliphatic carbocycles. The van der Waals surface area contributed by atoms with Gasteiger partial charge in [-0.2, -0.15) is 0 Å². The molecule has 2 aromatic rings. The topological polar surface area (TPSA) is 20.2 Å². The van der Waals surface area contributed by atoms with E-state index in [1.165, 1.54) is 11.1 Å². The molecule has 0 aromatic heterocycles. The summed E-state index contributed by atoms with van der Waals surface area (Å²) in [6.45, 7) is 2.24. The molecule has 0 bridgehead atoms. The standard InChI is InChI=1S/C16H17BrO/c1-12(11-13-7-9-15(18)10-8-13)16(17)14-5-3-2-4-6-14/h2-10,12,16,18H,11H2,1H3. The van der Waals surface area contributed by atoms with Gasteiger partial charge in [-0.3, -0.25) is 0 Å². The molecule has 0 spiro atoms. The fourth-order valence-electron chi connectivity index (χ4n) is 2.07. The van der Waals surface area contributed by atoms with Crippen LogP contribution in [0, 0.1) is 5.92 Å². The molecular formula is C16H17BrO. The van der Waals surface area contributed by atoms with E-state index in [0.717, 1.165) is 6.42 Å². The maximum atomic E-state index is 9.27. The van der Waals surface area contributed by atoms with Crippen LogP contribution in [-0.2, 0) is 6.42 Å². The lowest BCUT2D eigenvalue weighted by molar-refractivity contribution is 0.474. The molecule has 1 N–H and O–H groups in total. The lowest BCUT2D eigenvalue weighted by Gasteiger charge is -2.18. The second-order valence-corrected chi connectivity index (χ2v) is 5.65. The van der Waals surface area contributed by atoms with Crippen LogP contribution in [0.25, 0.3) is 0 Å². The summed E-state index contributed by atoms with van der Waals surface area (Å²) in [5.41, 5.74) is 2.56. The summed E-state index contributed by atoms with van der Waals surface area (Å²) in [4.78, 5) is 0.354. The van der Waals surface area contributed by atoms with E-state index in [0.29, 0.717) is 16.5 Å². The molecule has 0 amide bonds. The maximum absolute atomic E-state index is 9.27. The van der Waals surface area contributed by atoms with Crippen LogP contribution < -0.4 is 0 Å². The number of phenolic OH excluding ortho intramolecular Hbond substituents is 1. The summed E-state index contributed by atoms with van der Waals surface area (Å²) >= 11 is 3.77. The molecule has 0 aliphatic heterocycles. The summed E-state index contributed by atoms with van der Waals surface area (Å²) in [5, 5.41) is 9.27. The number of aromatic hydroxyl groups is 1. The van der Waals surface area contributed by atoms with Gasteiger partial charge in [0.1, 0.15) is 5.75 Å². The van der Waals surface area contributed by atoms with Gasteiger partial charge in [0.05, 0.1) is 0 Å². The van der Waals surface area contributed by atoms with Gasteiger partial charge in [0.25, 0.3) is 0 Å². The molecule has 2 heteroatoms. The highest BCUT2D eigenvalue weighted by Gasteiger charge is 2.16. The Morgan fingerprint density at radius 1 is 1.00 bits per heavy atom. The Morgan fingerprint density at radius 3 is 2.22 bits per heavy atom. The van der Waals surface area contributed by atoms with Crippen molar-refractivity contribution in [3.63, 3.8) is 0 Å². The quantitative estimate of drug-likeness (QED) is 0.811. The number of rotatable bonds is 4. The Kier molecular flexibility index (Phi) is 4.43. The van der Waals surface area contributed by atoms with E-state index in [1.807, 2.05) is 18.2 Å². The third-order valence-corrected chi connectivity index (χ3v) is 4.54. The normalized spacial score (nSPS) is 14.1. The van der Waals surface area contributed by atoms with Crippen molar-refractivity contribution < 1.29 is 5.11 Å². The van der Waals surface area contributed by atoms with Gasteiger partial charge in [0, 0.05) is 4.83 Å². The second kappa shape index (κ2) is 6.05. The highest BCUT2D eigenvalue weighted by Crippen LogP contribution is 2.32. The summed E-state index contributed by atoms with van der Waals surface area (Å²) in [7, 11) is 0. The molecule has 0 radical (unpaired) electrons. The zero-order valence-corrected chi connectivity index (χ0v) is 12.0. The van der Waals surface area contributed by atoms with Crippen molar-refractivity contribution >= 4 is 15.9 Å². The first kappa shape index (κ1) is 13.2. The maximum Gasteiger partial charge on any atom is 0.115 e. The number of benzene rings is 2. The zero-order valence-electron chi connectivity index (χ0n) is 10.4. The first-order valence-electron chi connectivity index (χ1n) is 6.14. The number of phenols is 1. The summed E-state index contributed by atoms with van der Waals surface area (Å²) in [6, 6.07) is 17.9. The predicted molar refractivity (Wildman–Crippen MR) is 79.1 cm³/mol. The van der Waals surface area contributed by atoms with Crippen molar-refractivity contribution in [2.45, 2.75) is 18.2 Å². The third-order valence-electron chi connectivity index (χ3n) is 3.11. The Labute approximate surface area is 117 Å². The van der Waals surface area contributed by atoms with E-state index >= 15 is 0 Å². The minimum Gasteiger partial charge on any atom is -0.508 e. The fourth-order valence-corrected chi connectivity index (χ4v) is 2.56. The van der Waals surface area contributed by atoms with Crippen LogP contribution in [0.2, 0.25) is 0 Å². The van der Waals surface area contributed by atoms with E-state index in [4.69, 9.17) is 0 Å². The van der Waals surface area contributed by atoms with Gasteiger partial charge < -0.3 is 5.11 Å². The highest BCUT2D eigenvalue weighted by molar-refractivity contribution is 9.09. The van der Waals surface area contributed by atoms with Gasteiger partial charge in [-0.1, -0.05) is 65.3 Å². The summed E-state index contributed by atoms with van der Waals surface area (Å²) in [6.07, 6.45) is 0.991. The van der Waals surface area contributed by atoms with Crippen LogP contribution in [0.4, 0.5) is 0 Å². The largest absolute Gasteiger partial charge is 0.508 e. The summed E-state index contributed by atoms with van der Waals surface area (Å²) < 4.78 is 0. The minimum absolute atomic E-state index is 0.324. The lowest BCUT2D eigenvalue weighted by atomic mass is 9.94. The van der Waals surface area contributed by atoms with Gasteiger partial charge in [0.15, 0.2) is 0 Å². The van der Waals surface area contributed by atoms with E-state index in [1.54, 1.807) is 12.1 Å². The molecule has 2 unspecified atom stereocenters. The van der Waals surface area contributed by atoms with E-state index < -0.39 is 0 Å². The number of alkyl halides is 1. The molecule has 2 atom stereocenters. The first-order chi connectivity index (χ1) is 8.66. The molecule has 2 aromatic carbocycles.